The van der Waals surface area contributed by atoms with Crippen LogP contribution in [-0.4, -0.2) is 49.9 Å². The summed E-state index contributed by atoms with van der Waals surface area (Å²) in [7, 11) is 3.80. The Kier molecular flexibility index (Phi) is 10.9. The number of ether oxygens (including phenoxy) is 1. The standard InChI is InChI=1S/C33H28Cl2F6N2O3/c1-43(2)13-14-46-25-11-9-19(10-12-25)31(45)42-24-17-22(15-20-5-3-7-26(28(20)34)32(36,37)38)30(44)23(18-24)16-21-6-4-8-27(29(21)35)33(39,40)41/h3-12,15-16,24H,13-14,17-18H2,1-2H3,(H,42,45)/b22-15+,23-16+. The van der Waals surface area contributed by atoms with Gasteiger partial charge in [-0.05, 0) is 86.6 Å². The average molecular weight is 685 g/mol. The van der Waals surface area contributed by atoms with Gasteiger partial charge in [0.25, 0.3) is 5.91 Å². The molecule has 1 saturated carbocycles. The minimum absolute atomic E-state index is 0.00300. The van der Waals surface area contributed by atoms with E-state index >= 15 is 0 Å². The summed E-state index contributed by atoms with van der Waals surface area (Å²) in [6, 6.07) is 12.1. The van der Waals surface area contributed by atoms with Gasteiger partial charge in [0, 0.05) is 29.3 Å². The lowest BCUT2D eigenvalue weighted by atomic mass is 9.83. The first kappa shape index (κ1) is 35.1. The molecule has 0 heterocycles. The van der Waals surface area contributed by atoms with Crippen molar-refractivity contribution in [2.75, 3.05) is 27.2 Å². The van der Waals surface area contributed by atoms with Gasteiger partial charge in [0.1, 0.15) is 12.4 Å². The smallest absolute Gasteiger partial charge is 0.417 e. The van der Waals surface area contributed by atoms with Gasteiger partial charge in [-0.1, -0.05) is 47.5 Å². The van der Waals surface area contributed by atoms with Crippen LogP contribution >= 0.6 is 23.2 Å². The van der Waals surface area contributed by atoms with Crippen LogP contribution in [0, 0.1) is 0 Å². The molecule has 0 aromatic heterocycles. The second kappa shape index (κ2) is 14.3. The van der Waals surface area contributed by atoms with Crippen LogP contribution in [0.4, 0.5) is 26.3 Å². The second-order valence-electron chi connectivity index (χ2n) is 10.8. The molecule has 244 valence electrons. The van der Waals surface area contributed by atoms with Gasteiger partial charge in [-0.15, -0.1) is 0 Å². The highest BCUT2D eigenvalue weighted by atomic mass is 35.5. The molecule has 1 fully saturated rings. The number of halogens is 8. The summed E-state index contributed by atoms with van der Waals surface area (Å²) in [4.78, 5) is 28.7. The lowest BCUT2D eigenvalue weighted by molar-refractivity contribution is -0.138. The van der Waals surface area contributed by atoms with Gasteiger partial charge in [0.2, 0.25) is 0 Å². The van der Waals surface area contributed by atoms with Crippen molar-refractivity contribution < 1.29 is 40.7 Å². The summed E-state index contributed by atoms with van der Waals surface area (Å²) in [5.74, 6) is -0.591. The SMILES string of the molecule is CN(C)CCOc1ccc(C(=O)NC2C/C(=C\c3cccc(C(F)(F)F)c3Cl)C(=O)/C(=C/c3cccc(C(F)(F)F)c3Cl)C2)cc1. The maximum Gasteiger partial charge on any atom is 0.417 e. The zero-order valence-corrected chi connectivity index (χ0v) is 26.0. The third kappa shape index (κ3) is 8.71. The molecule has 0 spiro atoms. The molecule has 0 bridgehead atoms. The molecule has 0 atom stereocenters. The highest BCUT2D eigenvalue weighted by molar-refractivity contribution is 6.33. The van der Waals surface area contributed by atoms with E-state index in [0.29, 0.717) is 18.9 Å². The topological polar surface area (TPSA) is 58.6 Å². The molecule has 0 aliphatic heterocycles. The van der Waals surface area contributed by atoms with E-state index in [-0.39, 0.29) is 40.7 Å². The molecule has 0 radical (unpaired) electrons. The first-order valence-corrected chi connectivity index (χ1v) is 14.7. The number of rotatable bonds is 8. The van der Waals surface area contributed by atoms with Crippen LogP contribution in [-0.2, 0) is 17.1 Å². The van der Waals surface area contributed by atoms with Crippen LogP contribution in [0.25, 0.3) is 12.2 Å². The zero-order valence-electron chi connectivity index (χ0n) is 24.5. The monoisotopic (exact) mass is 684 g/mol. The van der Waals surface area contributed by atoms with E-state index in [1.54, 1.807) is 24.3 Å². The number of hydrogen-bond donors (Lipinski definition) is 1. The molecular weight excluding hydrogens is 657 g/mol. The van der Waals surface area contributed by atoms with Crippen molar-refractivity contribution in [2.24, 2.45) is 0 Å². The number of amides is 1. The number of Topliss-reactive ketones (excluding diaryl/α,β-unsaturated/α-hetero) is 1. The van der Waals surface area contributed by atoms with Gasteiger partial charge in [-0.2, -0.15) is 26.3 Å². The van der Waals surface area contributed by atoms with Crippen LogP contribution in [0.5, 0.6) is 5.75 Å². The van der Waals surface area contributed by atoms with Gasteiger partial charge in [-0.25, -0.2) is 0 Å². The Morgan fingerprint density at radius 2 is 1.33 bits per heavy atom. The fraction of sp³-hybridized carbons (Fsp3) is 0.273. The zero-order chi connectivity index (χ0) is 33.8. The van der Waals surface area contributed by atoms with Crippen LogP contribution in [0.3, 0.4) is 0 Å². The first-order chi connectivity index (χ1) is 21.5. The molecule has 3 aromatic carbocycles. The molecule has 0 saturated heterocycles. The molecule has 3 aromatic rings. The number of hydrogen-bond acceptors (Lipinski definition) is 4. The minimum Gasteiger partial charge on any atom is -0.492 e. The summed E-state index contributed by atoms with van der Waals surface area (Å²) in [6.45, 7) is 1.12. The van der Waals surface area contributed by atoms with Crippen molar-refractivity contribution in [3.63, 3.8) is 0 Å². The molecule has 1 aliphatic rings. The van der Waals surface area contributed by atoms with Gasteiger partial charge >= 0.3 is 12.4 Å². The van der Waals surface area contributed by atoms with Crippen molar-refractivity contribution in [1.82, 2.24) is 10.2 Å². The molecule has 5 nitrogen and oxygen atoms in total. The van der Waals surface area contributed by atoms with Gasteiger partial charge in [0.15, 0.2) is 5.78 Å². The van der Waals surface area contributed by atoms with E-state index in [9.17, 15) is 35.9 Å². The molecule has 13 heteroatoms. The summed E-state index contributed by atoms with van der Waals surface area (Å²) in [5.41, 5.74) is -2.11. The fourth-order valence-corrected chi connectivity index (χ4v) is 5.37. The lowest BCUT2D eigenvalue weighted by Gasteiger charge is -2.27. The minimum atomic E-state index is -4.75. The van der Waals surface area contributed by atoms with E-state index in [2.05, 4.69) is 5.32 Å². The van der Waals surface area contributed by atoms with E-state index < -0.39 is 51.3 Å². The van der Waals surface area contributed by atoms with Crippen LogP contribution in [0.15, 0.2) is 71.8 Å². The van der Waals surface area contributed by atoms with Crippen molar-refractivity contribution in [3.05, 3.63) is 110 Å². The van der Waals surface area contributed by atoms with Gasteiger partial charge in [0.05, 0.1) is 21.2 Å². The number of likely N-dealkylation sites (N-methyl/N-ethyl adjacent to an activating group) is 1. The highest BCUT2D eigenvalue weighted by Crippen LogP contribution is 2.40. The molecule has 46 heavy (non-hydrogen) atoms. The summed E-state index contributed by atoms with van der Waals surface area (Å²) < 4.78 is 86.6. The fourth-order valence-electron chi connectivity index (χ4n) is 4.80. The van der Waals surface area contributed by atoms with Gasteiger partial charge in [-0.3, -0.25) is 9.59 Å². The molecule has 4 rings (SSSR count). The van der Waals surface area contributed by atoms with E-state index in [1.807, 2.05) is 19.0 Å². The predicted octanol–water partition coefficient (Wildman–Crippen LogP) is 8.60. The van der Waals surface area contributed by atoms with Crippen molar-refractivity contribution in [2.45, 2.75) is 31.2 Å². The third-order valence-electron chi connectivity index (χ3n) is 7.10. The van der Waals surface area contributed by atoms with E-state index in [1.165, 1.54) is 24.3 Å². The Labute approximate surface area is 271 Å². The number of ketones is 1. The van der Waals surface area contributed by atoms with Crippen LogP contribution < -0.4 is 10.1 Å². The molecular formula is C33H28Cl2F6N2O3. The number of nitrogens with zero attached hydrogens (tertiary/aromatic N) is 1. The predicted molar refractivity (Wildman–Crippen MR) is 165 cm³/mol. The van der Waals surface area contributed by atoms with Crippen LogP contribution in [0.2, 0.25) is 10.0 Å². The number of nitrogens with one attached hydrogen (secondary N) is 1. The number of carbonyl (C=O) groups excluding carboxylic acids is 2. The first-order valence-electron chi connectivity index (χ1n) is 13.9. The van der Waals surface area contributed by atoms with Gasteiger partial charge < -0.3 is 15.0 Å². The summed E-state index contributed by atoms with van der Waals surface area (Å²) in [5, 5.41) is 1.57. The maximum atomic E-state index is 13.6. The normalized spacial score (nSPS) is 17.5. The third-order valence-corrected chi connectivity index (χ3v) is 7.95. The average Bonchev–Trinajstić information content (AvgIpc) is 2.96. The lowest BCUT2D eigenvalue weighted by Crippen LogP contribution is -2.39. The van der Waals surface area contributed by atoms with Crippen molar-refractivity contribution in [1.29, 1.82) is 0 Å². The highest BCUT2D eigenvalue weighted by Gasteiger charge is 2.36. The largest absolute Gasteiger partial charge is 0.492 e. The Balaban J connectivity index is 1.68. The van der Waals surface area contributed by atoms with Crippen molar-refractivity contribution in [3.8, 4) is 5.75 Å². The Bertz CT molecular complexity index is 1580. The molecule has 0 unspecified atom stereocenters. The van der Waals surface area contributed by atoms with Crippen LogP contribution in [0.1, 0.15) is 45.5 Å². The Hall–Kier alpha value is -3.80. The molecule has 1 aliphatic carbocycles. The second-order valence-corrected chi connectivity index (χ2v) is 11.6. The number of carbonyl (C=O) groups is 2. The molecule has 1 amide bonds. The number of alkyl halides is 6. The maximum absolute atomic E-state index is 13.6. The van der Waals surface area contributed by atoms with E-state index in [4.69, 9.17) is 27.9 Å². The Morgan fingerprint density at radius 1 is 0.848 bits per heavy atom. The number of benzene rings is 3. The Morgan fingerprint density at radius 3 is 1.76 bits per heavy atom. The molecule has 1 N–H and O–H groups in total. The van der Waals surface area contributed by atoms with Crippen molar-refractivity contribution >= 4 is 47.0 Å². The van der Waals surface area contributed by atoms with E-state index in [0.717, 1.165) is 24.3 Å². The summed E-state index contributed by atoms with van der Waals surface area (Å²) >= 11 is 12.1. The summed E-state index contributed by atoms with van der Waals surface area (Å²) in [6.07, 6.45) is -7.29. The quantitative estimate of drug-likeness (QED) is 0.191.